The Bertz CT molecular complexity index is 387. The molecule has 0 fully saturated rings. The van der Waals surface area contributed by atoms with E-state index in [9.17, 15) is 0 Å². The van der Waals surface area contributed by atoms with Crippen LogP contribution in [0.1, 0.15) is 18.9 Å². The van der Waals surface area contributed by atoms with Crippen LogP contribution in [-0.4, -0.2) is 21.0 Å². The Morgan fingerprint density at radius 3 is 2.56 bits per heavy atom. The Balaban J connectivity index is 2.54. The van der Waals surface area contributed by atoms with Gasteiger partial charge in [-0.3, -0.25) is 0 Å². The summed E-state index contributed by atoms with van der Waals surface area (Å²) in [6.07, 6.45) is 1.97. The average molecular weight is 224 g/mol. The molecule has 0 N–H and O–H groups in total. The molecule has 0 radical (unpaired) electrons. The van der Waals surface area contributed by atoms with E-state index in [1.54, 1.807) is 14.2 Å². The van der Waals surface area contributed by atoms with Gasteiger partial charge in [0.2, 0.25) is 18.3 Å². The van der Waals surface area contributed by atoms with Crippen LogP contribution in [0.5, 0.6) is 23.0 Å². The Hall–Kier alpha value is -1.58. The lowest BCUT2D eigenvalue weighted by Crippen LogP contribution is -1.97. The number of hydrogen-bond acceptors (Lipinski definition) is 4. The lowest BCUT2D eigenvalue weighted by atomic mass is 10.1. The third-order valence-corrected chi connectivity index (χ3v) is 2.58. The van der Waals surface area contributed by atoms with Crippen LogP contribution in [0.3, 0.4) is 0 Å². The van der Waals surface area contributed by atoms with E-state index in [4.69, 9.17) is 18.9 Å². The zero-order valence-electron chi connectivity index (χ0n) is 9.83. The lowest BCUT2D eigenvalue weighted by Gasteiger charge is -2.14. The molecule has 1 aliphatic heterocycles. The van der Waals surface area contributed by atoms with Crippen LogP contribution in [0.4, 0.5) is 0 Å². The minimum Gasteiger partial charge on any atom is -0.492 e. The van der Waals surface area contributed by atoms with E-state index in [0.717, 1.165) is 29.9 Å². The smallest absolute Gasteiger partial charge is 0.231 e. The van der Waals surface area contributed by atoms with Gasteiger partial charge in [0.05, 0.1) is 14.2 Å². The van der Waals surface area contributed by atoms with Gasteiger partial charge < -0.3 is 18.9 Å². The fraction of sp³-hybridized carbons (Fsp3) is 0.500. The van der Waals surface area contributed by atoms with Gasteiger partial charge in [-0.25, -0.2) is 0 Å². The van der Waals surface area contributed by atoms with Gasteiger partial charge in [-0.05, 0) is 12.5 Å². The van der Waals surface area contributed by atoms with E-state index in [1.165, 1.54) is 0 Å². The number of benzene rings is 1. The molecule has 0 saturated carbocycles. The minimum atomic E-state index is 0.241. The van der Waals surface area contributed by atoms with Crippen molar-refractivity contribution >= 4 is 0 Å². The van der Waals surface area contributed by atoms with Crippen LogP contribution in [-0.2, 0) is 6.42 Å². The summed E-state index contributed by atoms with van der Waals surface area (Å²) in [5, 5.41) is 0. The first-order chi connectivity index (χ1) is 7.81. The summed E-state index contributed by atoms with van der Waals surface area (Å²) < 4.78 is 21.5. The lowest BCUT2D eigenvalue weighted by molar-refractivity contribution is 0.170. The SMILES string of the molecule is CCCc1cc2c(c(OC)c1OC)OCO2. The second-order valence-electron chi connectivity index (χ2n) is 3.59. The van der Waals surface area contributed by atoms with Gasteiger partial charge in [-0.1, -0.05) is 13.3 Å². The van der Waals surface area contributed by atoms with Crippen molar-refractivity contribution in [2.75, 3.05) is 21.0 Å². The normalized spacial score (nSPS) is 12.7. The number of fused-ring (bicyclic) bond motifs is 1. The first kappa shape index (κ1) is 10.9. The molecule has 88 valence electrons. The molecule has 1 aromatic carbocycles. The predicted molar refractivity (Wildman–Crippen MR) is 59.7 cm³/mol. The molecule has 1 heterocycles. The molecule has 4 heteroatoms. The van der Waals surface area contributed by atoms with Crippen LogP contribution < -0.4 is 18.9 Å². The fourth-order valence-electron chi connectivity index (χ4n) is 1.91. The van der Waals surface area contributed by atoms with Crippen molar-refractivity contribution in [1.82, 2.24) is 0 Å². The van der Waals surface area contributed by atoms with Gasteiger partial charge in [-0.2, -0.15) is 0 Å². The van der Waals surface area contributed by atoms with Crippen molar-refractivity contribution in [3.63, 3.8) is 0 Å². The van der Waals surface area contributed by atoms with Crippen molar-refractivity contribution in [1.29, 1.82) is 0 Å². The Labute approximate surface area is 95.1 Å². The van der Waals surface area contributed by atoms with Gasteiger partial charge >= 0.3 is 0 Å². The molecule has 16 heavy (non-hydrogen) atoms. The zero-order valence-corrected chi connectivity index (χ0v) is 9.83. The molecule has 0 aliphatic carbocycles. The molecule has 4 nitrogen and oxygen atoms in total. The van der Waals surface area contributed by atoms with Crippen molar-refractivity contribution in [3.8, 4) is 23.0 Å². The number of hydrogen-bond donors (Lipinski definition) is 0. The molecular weight excluding hydrogens is 208 g/mol. The summed E-state index contributed by atoms with van der Waals surface area (Å²) >= 11 is 0. The monoisotopic (exact) mass is 224 g/mol. The molecule has 2 rings (SSSR count). The van der Waals surface area contributed by atoms with Gasteiger partial charge in [-0.15, -0.1) is 0 Å². The van der Waals surface area contributed by atoms with E-state index in [-0.39, 0.29) is 6.79 Å². The van der Waals surface area contributed by atoms with Crippen LogP contribution in [0.2, 0.25) is 0 Å². The summed E-state index contributed by atoms with van der Waals surface area (Å²) in [4.78, 5) is 0. The third-order valence-electron chi connectivity index (χ3n) is 2.58. The second kappa shape index (κ2) is 4.51. The van der Waals surface area contributed by atoms with Crippen LogP contribution >= 0.6 is 0 Å². The van der Waals surface area contributed by atoms with Crippen molar-refractivity contribution in [2.24, 2.45) is 0 Å². The highest BCUT2D eigenvalue weighted by Gasteiger charge is 2.25. The third kappa shape index (κ3) is 1.64. The van der Waals surface area contributed by atoms with E-state index in [0.29, 0.717) is 11.5 Å². The maximum atomic E-state index is 5.38. The Morgan fingerprint density at radius 2 is 1.94 bits per heavy atom. The van der Waals surface area contributed by atoms with Crippen LogP contribution in [0.15, 0.2) is 6.07 Å². The number of rotatable bonds is 4. The minimum absolute atomic E-state index is 0.241. The Morgan fingerprint density at radius 1 is 1.19 bits per heavy atom. The van der Waals surface area contributed by atoms with Gasteiger partial charge in [0.1, 0.15) is 0 Å². The Kier molecular flexibility index (Phi) is 3.08. The number of methoxy groups -OCH3 is 2. The molecule has 0 bridgehead atoms. The molecule has 0 spiro atoms. The first-order valence-corrected chi connectivity index (χ1v) is 5.35. The topological polar surface area (TPSA) is 36.9 Å². The highest BCUT2D eigenvalue weighted by molar-refractivity contribution is 5.63. The summed E-state index contributed by atoms with van der Waals surface area (Å²) in [6.45, 7) is 2.36. The number of ether oxygens (including phenoxy) is 4. The van der Waals surface area contributed by atoms with Crippen molar-refractivity contribution < 1.29 is 18.9 Å². The van der Waals surface area contributed by atoms with Gasteiger partial charge in [0.15, 0.2) is 11.5 Å². The fourth-order valence-corrected chi connectivity index (χ4v) is 1.91. The largest absolute Gasteiger partial charge is 0.492 e. The molecule has 0 saturated heterocycles. The highest BCUT2D eigenvalue weighted by atomic mass is 16.7. The van der Waals surface area contributed by atoms with E-state index in [1.807, 2.05) is 6.07 Å². The molecule has 1 aromatic rings. The summed E-state index contributed by atoms with van der Waals surface area (Å²) in [5.74, 6) is 2.75. The quantitative estimate of drug-likeness (QED) is 0.786. The first-order valence-electron chi connectivity index (χ1n) is 5.35. The number of aryl methyl sites for hydroxylation is 1. The van der Waals surface area contributed by atoms with E-state index < -0.39 is 0 Å². The molecule has 0 amide bonds. The summed E-state index contributed by atoms with van der Waals surface area (Å²) in [7, 11) is 3.24. The standard InChI is InChI=1S/C12H16O4/c1-4-5-8-6-9-11(16-7-15-9)12(14-3)10(8)13-2/h6H,4-5,7H2,1-3H3. The van der Waals surface area contributed by atoms with Crippen molar-refractivity contribution in [2.45, 2.75) is 19.8 Å². The molecule has 1 aliphatic rings. The van der Waals surface area contributed by atoms with Crippen molar-refractivity contribution in [3.05, 3.63) is 11.6 Å². The molecule has 0 unspecified atom stereocenters. The van der Waals surface area contributed by atoms with E-state index >= 15 is 0 Å². The zero-order chi connectivity index (χ0) is 11.5. The van der Waals surface area contributed by atoms with Crippen LogP contribution in [0, 0.1) is 0 Å². The molecular formula is C12H16O4. The molecule has 0 atom stereocenters. The van der Waals surface area contributed by atoms with Gasteiger partial charge in [0.25, 0.3) is 0 Å². The molecule has 0 aromatic heterocycles. The maximum absolute atomic E-state index is 5.38. The summed E-state index contributed by atoms with van der Waals surface area (Å²) in [6, 6.07) is 1.97. The average Bonchev–Trinajstić information content (AvgIpc) is 2.75. The van der Waals surface area contributed by atoms with Gasteiger partial charge in [0, 0.05) is 5.56 Å². The van der Waals surface area contributed by atoms with E-state index in [2.05, 4.69) is 6.92 Å². The highest BCUT2D eigenvalue weighted by Crippen LogP contribution is 2.49. The van der Waals surface area contributed by atoms with Crippen LogP contribution in [0.25, 0.3) is 0 Å². The summed E-state index contributed by atoms with van der Waals surface area (Å²) in [5.41, 5.74) is 1.09. The predicted octanol–water partition coefficient (Wildman–Crippen LogP) is 2.39. The maximum Gasteiger partial charge on any atom is 0.231 e. The second-order valence-corrected chi connectivity index (χ2v) is 3.59.